The summed E-state index contributed by atoms with van der Waals surface area (Å²) in [5.74, 6) is 6.70. The number of pyridine rings is 2. The molecular weight excluding hydrogens is 362 g/mol. The molecule has 128 valence electrons. The first-order valence-corrected chi connectivity index (χ1v) is 8.50. The Kier molecular flexibility index (Phi) is 5.15. The summed E-state index contributed by atoms with van der Waals surface area (Å²) in [5.41, 5.74) is 0.742. The van der Waals surface area contributed by atoms with E-state index in [1.54, 1.807) is 37.5 Å². The molecule has 3 heterocycles. The van der Waals surface area contributed by atoms with Crippen molar-refractivity contribution in [1.82, 2.24) is 24.8 Å². The van der Waals surface area contributed by atoms with E-state index >= 15 is 0 Å². The molecule has 0 fully saturated rings. The van der Waals surface area contributed by atoms with Gasteiger partial charge in [0.2, 0.25) is 11.1 Å². The second kappa shape index (κ2) is 7.49. The van der Waals surface area contributed by atoms with E-state index in [9.17, 15) is 4.79 Å². The first kappa shape index (κ1) is 17.2. The molecule has 0 aliphatic heterocycles. The van der Waals surface area contributed by atoms with Gasteiger partial charge in [0.25, 0.3) is 0 Å². The van der Waals surface area contributed by atoms with Crippen LogP contribution in [-0.2, 0) is 4.79 Å². The summed E-state index contributed by atoms with van der Waals surface area (Å²) in [5, 5.41) is 11.3. The molecule has 10 heteroatoms. The predicted molar refractivity (Wildman–Crippen MR) is 96.6 cm³/mol. The van der Waals surface area contributed by atoms with Gasteiger partial charge in [-0.25, -0.2) is 9.66 Å². The van der Waals surface area contributed by atoms with E-state index in [4.69, 9.17) is 17.4 Å². The van der Waals surface area contributed by atoms with E-state index < -0.39 is 5.25 Å². The SMILES string of the molecule is CC(Sc1nnc(-c2cccnc2)n1N)C(=O)Nc1ccc(Cl)cn1. The van der Waals surface area contributed by atoms with Gasteiger partial charge in [0, 0.05) is 24.2 Å². The topological polar surface area (TPSA) is 112 Å². The molecular formula is C15H14ClN7OS. The van der Waals surface area contributed by atoms with Gasteiger partial charge < -0.3 is 11.2 Å². The quantitative estimate of drug-likeness (QED) is 0.519. The van der Waals surface area contributed by atoms with Crippen LogP contribution in [0.1, 0.15) is 6.92 Å². The van der Waals surface area contributed by atoms with Crippen LogP contribution in [0.3, 0.4) is 0 Å². The molecule has 0 aliphatic rings. The monoisotopic (exact) mass is 375 g/mol. The number of carbonyl (C=O) groups excluding carboxylic acids is 1. The van der Waals surface area contributed by atoms with Gasteiger partial charge in [0.15, 0.2) is 5.82 Å². The van der Waals surface area contributed by atoms with E-state index in [0.717, 1.165) is 5.56 Å². The van der Waals surface area contributed by atoms with Crippen LogP contribution >= 0.6 is 23.4 Å². The number of nitrogens with zero attached hydrogens (tertiary/aromatic N) is 5. The zero-order chi connectivity index (χ0) is 17.8. The zero-order valence-electron chi connectivity index (χ0n) is 13.1. The lowest BCUT2D eigenvalue weighted by atomic mass is 10.3. The van der Waals surface area contributed by atoms with Gasteiger partial charge in [0.05, 0.1) is 10.3 Å². The molecule has 0 aliphatic carbocycles. The Morgan fingerprint density at radius 1 is 1.32 bits per heavy atom. The number of hydrogen-bond donors (Lipinski definition) is 2. The number of hydrogen-bond acceptors (Lipinski definition) is 7. The van der Waals surface area contributed by atoms with Crippen LogP contribution in [0.15, 0.2) is 48.0 Å². The van der Waals surface area contributed by atoms with Crippen molar-refractivity contribution < 1.29 is 4.79 Å². The number of nitrogens with one attached hydrogen (secondary N) is 1. The van der Waals surface area contributed by atoms with Gasteiger partial charge in [-0.1, -0.05) is 23.4 Å². The standard InChI is InChI=1S/C15H14ClN7OS/c1-9(14(24)20-12-5-4-11(16)8-19-12)25-15-22-21-13(23(15)17)10-3-2-6-18-7-10/h2-9H,17H2,1H3,(H,19,20,24). The molecule has 3 aromatic rings. The fourth-order valence-electron chi connectivity index (χ4n) is 1.94. The normalized spacial score (nSPS) is 11.9. The molecule has 3 N–H and O–H groups in total. The highest BCUT2D eigenvalue weighted by Crippen LogP contribution is 2.25. The number of amides is 1. The minimum atomic E-state index is -0.453. The Morgan fingerprint density at radius 3 is 2.84 bits per heavy atom. The minimum absolute atomic E-state index is 0.231. The third kappa shape index (κ3) is 4.06. The average molecular weight is 376 g/mol. The Balaban J connectivity index is 1.68. The lowest BCUT2D eigenvalue weighted by molar-refractivity contribution is -0.115. The number of rotatable bonds is 5. The van der Waals surface area contributed by atoms with Crippen LogP contribution in [-0.4, -0.2) is 36.0 Å². The largest absolute Gasteiger partial charge is 0.335 e. The number of thioether (sulfide) groups is 1. The van der Waals surface area contributed by atoms with Crippen molar-refractivity contribution in [1.29, 1.82) is 0 Å². The summed E-state index contributed by atoms with van der Waals surface area (Å²) in [6.45, 7) is 1.74. The molecule has 3 aromatic heterocycles. The molecule has 0 saturated carbocycles. The van der Waals surface area contributed by atoms with Crippen molar-refractivity contribution in [2.75, 3.05) is 11.2 Å². The first-order chi connectivity index (χ1) is 12.0. The maximum absolute atomic E-state index is 12.3. The molecule has 1 unspecified atom stereocenters. The highest BCUT2D eigenvalue weighted by atomic mass is 35.5. The Bertz CT molecular complexity index is 869. The second-order valence-corrected chi connectivity index (χ2v) is 6.77. The molecule has 8 nitrogen and oxygen atoms in total. The Morgan fingerprint density at radius 2 is 2.16 bits per heavy atom. The summed E-state index contributed by atoms with van der Waals surface area (Å²) in [6, 6.07) is 6.89. The number of nitrogens with two attached hydrogens (primary N) is 1. The first-order valence-electron chi connectivity index (χ1n) is 7.24. The predicted octanol–water partition coefficient (Wildman–Crippen LogP) is 2.22. The van der Waals surface area contributed by atoms with E-state index in [2.05, 4.69) is 25.5 Å². The molecule has 0 saturated heterocycles. The maximum atomic E-state index is 12.3. The molecule has 0 radical (unpaired) electrons. The minimum Gasteiger partial charge on any atom is -0.335 e. The summed E-state index contributed by atoms with van der Waals surface area (Å²) >= 11 is 6.97. The third-order valence-electron chi connectivity index (χ3n) is 3.21. The lowest BCUT2D eigenvalue weighted by Gasteiger charge is -2.11. The van der Waals surface area contributed by atoms with E-state index in [1.807, 2.05) is 6.07 Å². The number of aromatic nitrogens is 5. The second-order valence-electron chi connectivity index (χ2n) is 5.03. The molecule has 1 amide bonds. The maximum Gasteiger partial charge on any atom is 0.238 e. The number of carbonyl (C=O) groups is 1. The molecule has 0 spiro atoms. The molecule has 0 aromatic carbocycles. The van der Waals surface area contributed by atoms with Crippen LogP contribution in [0.4, 0.5) is 5.82 Å². The fraction of sp³-hybridized carbons (Fsp3) is 0.133. The van der Waals surface area contributed by atoms with Crippen LogP contribution in [0, 0.1) is 0 Å². The van der Waals surface area contributed by atoms with Gasteiger partial charge in [-0.3, -0.25) is 9.78 Å². The average Bonchev–Trinajstić information content (AvgIpc) is 2.98. The Labute approximate surface area is 152 Å². The van der Waals surface area contributed by atoms with E-state index in [0.29, 0.717) is 21.8 Å². The van der Waals surface area contributed by atoms with Gasteiger partial charge in [-0.05, 0) is 31.2 Å². The van der Waals surface area contributed by atoms with Crippen molar-refractivity contribution >= 4 is 35.1 Å². The van der Waals surface area contributed by atoms with Gasteiger partial charge in [0.1, 0.15) is 5.82 Å². The van der Waals surface area contributed by atoms with E-state index in [-0.39, 0.29) is 5.91 Å². The van der Waals surface area contributed by atoms with Crippen molar-refractivity contribution in [3.8, 4) is 11.4 Å². The van der Waals surface area contributed by atoms with E-state index in [1.165, 1.54) is 22.6 Å². The van der Waals surface area contributed by atoms with Crippen LogP contribution < -0.4 is 11.2 Å². The van der Waals surface area contributed by atoms with Crippen LogP contribution in [0.5, 0.6) is 0 Å². The van der Waals surface area contributed by atoms with Gasteiger partial charge in [-0.15, -0.1) is 10.2 Å². The molecule has 0 bridgehead atoms. The smallest absolute Gasteiger partial charge is 0.238 e. The summed E-state index contributed by atoms with van der Waals surface area (Å²) in [4.78, 5) is 20.3. The molecule has 25 heavy (non-hydrogen) atoms. The molecule has 1 atom stereocenters. The third-order valence-corrected chi connectivity index (χ3v) is 4.49. The molecule has 3 rings (SSSR count). The summed E-state index contributed by atoms with van der Waals surface area (Å²) in [7, 11) is 0. The van der Waals surface area contributed by atoms with Crippen molar-refractivity contribution in [2.45, 2.75) is 17.3 Å². The fourth-order valence-corrected chi connectivity index (χ4v) is 2.82. The van der Waals surface area contributed by atoms with Crippen molar-refractivity contribution in [2.24, 2.45) is 0 Å². The lowest BCUT2D eigenvalue weighted by Crippen LogP contribution is -2.24. The number of nitrogen functional groups attached to an aromatic ring is 1. The van der Waals surface area contributed by atoms with Gasteiger partial charge in [-0.2, -0.15) is 0 Å². The number of halogens is 1. The summed E-state index contributed by atoms with van der Waals surface area (Å²) in [6.07, 6.45) is 4.77. The van der Waals surface area contributed by atoms with Crippen molar-refractivity contribution in [3.63, 3.8) is 0 Å². The summed E-state index contributed by atoms with van der Waals surface area (Å²) < 4.78 is 1.34. The highest BCUT2D eigenvalue weighted by molar-refractivity contribution is 8.00. The van der Waals surface area contributed by atoms with Crippen LogP contribution in [0.2, 0.25) is 5.02 Å². The zero-order valence-corrected chi connectivity index (χ0v) is 14.7. The van der Waals surface area contributed by atoms with Crippen molar-refractivity contribution in [3.05, 3.63) is 47.9 Å². The van der Waals surface area contributed by atoms with Crippen LogP contribution in [0.25, 0.3) is 11.4 Å². The highest BCUT2D eigenvalue weighted by Gasteiger charge is 2.20. The number of anilines is 1. The Hall–Kier alpha value is -2.65. The van der Waals surface area contributed by atoms with Gasteiger partial charge >= 0.3 is 0 Å².